The van der Waals surface area contributed by atoms with E-state index in [1.807, 2.05) is 30.3 Å². The van der Waals surface area contributed by atoms with Gasteiger partial charge in [0.2, 0.25) is 10.0 Å². The number of nitrogens with one attached hydrogen (secondary N) is 1. The molecule has 1 saturated carbocycles. The number of nitrogens with zero attached hydrogens (tertiary/aromatic N) is 1. The van der Waals surface area contributed by atoms with E-state index in [2.05, 4.69) is 5.32 Å². The second-order valence-electron chi connectivity index (χ2n) is 8.74. The van der Waals surface area contributed by atoms with Crippen molar-refractivity contribution in [2.45, 2.75) is 57.5 Å². The van der Waals surface area contributed by atoms with Crippen LogP contribution in [0.3, 0.4) is 0 Å². The Morgan fingerprint density at radius 3 is 2.36 bits per heavy atom. The summed E-state index contributed by atoms with van der Waals surface area (Å²) in [5.74, 6) is -0.0375. The molecule has 1 N–H and O–H groups in total. The van der Waals surface area contributed by atoms with Gasteiger partial charge < -0.3 is 5.32 Å². The zero-order chi connectivity index (χ0) is 23.4. The van der Waals surface area contributed by atoms with Crippen LogP contribution in [0.15, 0.2) is 48.5 Å². The summed E-state index contributed by atoms with van der Waals surface area (Å²) in [4.78, 5) is 13.6. The lowest BCUT2D eigenvalue weighted by atomic mass is 9.97. The van der Waals surface area contributed by atoms with Crippen LogP contribution in [0.4, 0.5) is 5.69 Å². The van der Waals surface area contributed by atoms with Crippen molar-refractivity contribution in [3.63, 3.8) is 0 Å². The van der Waals surface area contributed by atoms with E-state index in [-0.39, 0.29) is 18.5 Å². The first kappa shape index (κ1) is 24.0. The van der Waals surface area contributed by atoms with Crippen molar-refractivity contribution in [3.8, 4) is 0 Å². The third-order valence-corrected chi connectivity index (χ3v) is 8.60. The van der Waals surface area contributed by atoms with Gasteiger partial charge in [0.15, 0.2) is 0 Å². The third-order valence-electron chi connectivity index (χ3n) is 6.09. The highest BCUT2D eigenvalue weighted by atomic mass is 35.5. The first-order chi connectivity index (χ1) is 15.8. The molecular weight excluding hydrogens is 476 g/mol. The molecule has 176 valence electrons. The van der Waals surface area contributed by atoms with E-state index in [9.17, 15) is 13.2 Å². The van der Waals surface area contributed by atoms with Gasteiger partial charge in [-0.1, -0.05) is 55.8 Å². The van der Waals surface area contributed by atoms with Gasteiger partial charge in [-0.15, -0.1) is 11.3 Å². The Morgan fingerprint density at radius 1 is 1.03 bits per heavy atom. The maximum Gasteiger partial charge on any atom is 0.261 e. The molecule has 2 aromatic carbocycles. The number of thiophene rings is 1. The van der Waals surface area contributed by atoms with Gasteiger partial charge in [-0.25, -0.2) is 8.42 Å². The minimum atomic E-state index is -3.51. The molecule has 0 atom stereocenters. The number of benzene rings is 2. The van der Waals surface area contributed by atoms with Gasteiger partial charge in [0.1, 0.15) is 0 Å². The van der Waals surface area contributed by atoms with E-state index < -0.39 is 10.0 Å². The summed E-state index contributed by atoms with van der Waals surface area (Å²) in [6.45, 7) is 0.209. The van der Waals surface area contributed by atoms with Crippen LogP contribution >= 0.6 is 22.9 Å². The van der Waals surface area contributed by atoms with E-state index in [1.54, 1.807) is 18.2 Å². The topological polar surface area (TPSA) is 66.5 Å². The largest absolute Gasteiger partial charge is 0.349 e. The molecule has 0 bridgehead atoms. The standard InChI is InChI=1S/C25H29ClN2O3S2/c1-33(30,31)28(17-18-9-11-20(26)12-10-18)22-13-14-23-19(15-22)16-24(32-23)25(29)27-21-7-5-3-2-4-6-8-21/h9-16,21H,2-8,17H2,1H3,(H,27,29). The summed E-state index contributed by atoms with van der Waals surface area (Å²) >= 11 is 7.40. The predicted molar refractivity (Wildman–Crippen MR) is 138 cm³/mol. The molecule has 1 heterocycles. The van der Waals surface area contributed by atoms with Gasteiger partial charge in [-0.2, -0.15) is 0 Å². The van der Waals surface area contributed by atoms with Crippen LogP contribution in [-0.4, -0.2) is 26.6 Å². The number of amides is 1. The van der Waals surface area contributed by atoms with Gasteiger partial charge in [-0.3, -0.25) is 9.10 Å². The fourth-order valence-electron chi connectivity index (χ4n) is 4.31. The lowest BCUT2D eigenvalue weighted by Gasteiger charge is -2.22. The Bertz CT molecular complexity index is 1210. The van der Waals surface area contributed by atoms with Crippen molar-refractivity contribution < 1.29 is 13.2 Å². The van der Waals surface area contributed by atoms with Crippen LogP contribution in [0.25, 0.3) is 10.1 Å². The van der Waals surface area contributed by atoms with Gasteiger partial charge in [0.25, 0.3) is 5.91 Å². The lowest BCUT2D eigenvalue weighted by molar-refractivity contribution is 0.0934. The normalized spacial score (nSPS) is 15.7. The molecule has 0 saturated heterocycles. The summed E-state index contributed by atoms with van der Waals surface area (Å²) in [6, 6.07) is 14.8. The fourth-order valence-corrected chi connectivity index (χ4v) is 6.26. The van der Waals surface area contributed by atoms with Gasteiger partial charge in [0.05, 0.1) is 23.4 Å². The first-order valence-electron chi connectivity index (χ1n) is 11.4. The van der Waals surface area contributed by atoms with Crippen LogP contribution in [0.1, 0.15) is 60.2 Å². The molecule has 1 amide bonds. The first-order valence-corrected chi connectivity index (χ1v) is 14.4. The highest BCUT2D eigenvalue weighted by Gasteiger charge is 2.20. The molecule has 0 unspecified atom stereocenters. The summed E-state index contributed by atoms with van der Waals surface area (Å²) in [6.07, 6.45) is 9.38. The van der Waals surface area contributed by atoms with E-state index in [1.165, 1.54) is 41.2 Å². The number of sulfonamides is 1. The highest BCUT2D eigenvalue weighted by Crippen LogP contribution is 2.31. The minimum Gasteiger partial charge on any atom is -0.349 e. The van der Waals surface area contributed by atoms with Gasteiger partial charge >= 0.3 is 0 Å². The second-order valence-corrected chi connectivity index (χ2v) is 12.2. The van der Waals surface area contributed by atoms with E-state index in [0.29, 0.717) is 15.6 Å². The van der Waals surface area contributed by atoms with Gasteiger partial charge in [0, 0.05) is 15.8 Å². The van der Waals surface area contributed by atoms with Crippen LogP contribution < -0.4 is 9.62 Å². The van der Waals surface area contributed by atoms with Crippen LogP contribution in [0.5, 0.6) is 0 Å². The lowest BCUT2D eigenvalue weighted by Crippen LogP contribution is -2.34. The number of carbonyl (C=O) groups is 1. The molecule has 0 radical (unpaired) electrons. The van der Waals surface area contributed by atoms with Crippen molar-refractivity contribution in [1.82, 2.24) is 5.32 Å². The van der Waals surface area contributed by atoms with E-state index in [4.69, 9.17) is 11.6 Å². The monoisotopic (exact) mass is 504 g/mol. The van der Waals surface area contributed by atoms with E-state index in [0.717, 1.165) is 41.3 Å². The molecule has 0 spiro atoms. The van der Waals surface area contributed by atoms with Crippen molar-refractivity contribution in [2.75, 3.05) is 10.6 Å². The number of halogens is 1. The molecule has 3 aromatic rings. The maximum atomic E-state index is 12.9. The zero-order valence-electron chi connectivity index (χ0n) is 18.7. The molecular formula is C25H29ClN2O3S2. The molecule has 1 aliphatic rings. The van der Waals surface area contributed by atoms with E-state index >= 15 is 0 Å². The average Bonchev–Trinajstić information content (AvgIpc) is 3.18. The summed E-state index contributed by atoms with van der Waals surface area (Å²) in [5, 5.41) is 4.69. The molecule has 1 fully saturated rings. The number of rotatable bonds is 6. The van der Waals surface area contributed by atoms with Crippen molar-refractivity contribution in [1.29, 1.82) is 0 Å². The molecule has 4 rings (SSSR count). The Hall–Kier alpha value is -2.09. The maximum absolute atomic E-state index is 12.9. The predicted octanol–water partition coefficient (Wildman–Crippen LogP) is 6.36. The molecule has 1 aromatic heterocycles. The molecule has 5 nitrogen and oxygen atoms in total. The summed E-state index contributed by atoms with van der Waals surface area (Å²) < 4.78 is 27.5. The summed E-state index contributed by atoms with van der Waals surface area (Å²) in [5.41, 5.74) is 1.42. The number of hydrogen-bond donors (Lipinski definition) is 1. The Labute approximate surface area is 204 Å². The minimum absolute atomic E-state index is 0.0375. The van der Waals surface area contributed by atoms with Crippen molar-refractivity contribution in [2.24, 2.45) is 0 Å². The van der Waals surface area contributed by atoms with Crippen LogP contribution in [-0.2, 0) is 16.6 Å². The quantitative estimate of drug-likeness (QED) is 0.424. The molecule has 0 aliphatic heterocycles. The number of anilines is 1. The molecule has 8 heteroatoms. The number of hydrogen-bond acceptors (Lipinski definition) is 4. The fraction of sp³-hybridized carbons (Fsp3) is 0.400. The second kappa shape index (κ2) is 10.5. The zero-order valence-corrected chi connectivity index (χ0v) is 21.1. The Morgan fingerprint density at radius 2 is 1.70 bits per heavy atom. The molecule has 1 aliphatic carbocycles. The SMILES string of the molecule is CS(=O)(=O)N(Cc1ccc(Cl)cc1)c1ccc2sc(C(=O)NC3CCCCCCC3)cc2c1. The summed E-state index contributed by atoms with van der Waals surface area (Å²) in [7, 11) is -3.51. The number of carbonyl (C=O) groups excluding carboxylic acids is 1. The Kier molecular flexibility index (Phi) is 7.62. The van der Waals surface area contributed by atoms with Crippen molar-refractivity contribution in [3.05, 3.63) is 64.0 Å². The average molecular weight is 505 g/mol. The van der Waals surface area contributed by atoms with Crippen LogP contribution in [0.2, 0.25) is 5.02 Å². The number of fused-ring (bicyclic) bond motifs is 1. The Balaban J connectivity index is 1.55. The van der Waals surface area contributed by atoms with Crippen LogP contribution in [0, 0.1) is 0 Å². The van der Waals surface area contributed by atoms with Gasteiger partial charge in [-0.05, 0) is 60.2 Å². The molecule has 33 heavy (non-hydrogen) atoms. The highest BCUT2D eigenvalue weighted by molar-refractivity contribution is 7.92. The smallest absolute Gasteiger partial charge is 0.261 e. The third kappa shape index (κ3) is 6.28. The van der Waals surface area contributed by atoms with Crippen molar-refractivity contribution >= 4 is 54.6 Å².